The Morgan fingerprint density at radius 3 is 1.50 bits per heavy atom. The van der Waals surface area contributed by atoms with E-state index in [1.807, 2.05) is 0 Å². The number of hydrogen-bond donors (Lipinski definition) is 0. The van der Waals surface area contributed by atoms with Gasteiger partial charge in [0.15, 0.2) is 0 Å². The Balaban J connectivity index is -0.0000000450. The van der Waals surface area contributed by atoms with Crippen LogP contribution in [0.4, 0.5) is 0 Å². The summed E-state index contributed by atoms with van der Waals surface area (Å²) in [6, 6.07) is 0. The molecule has 0 bridgehead atoms. The van der Waals surface area contributed by atoms with Crippen LogP contribution >= 0.6 is 24.8 Å². The molecule has 0 aromatic heterocycles. The van der Waals surface area contributed by atoms with Gasteiger partial charge < -0.3 is 0 Å². The van der Waals surface area contributed by atoms with E-state index in [1.54, 1.807) is 7.11 Å². The normalized spacial score (nSPS) is 4.33. The SMILES string of the molecule is C[O][Ti][CH3].Cl.Cl. The molecule has 0 aromatic carbocycles. The second kappa shape index (κ2) is 16.3. The van der Waals surface area contributed by atoms with Crippen LogP contribution in [-0.4, -0.2) is 7.11 Å². The molecule has 4 heteroatoms. The Morgan fingerprint density at radius 2 is 1.50 bits per heavy atom. The van der Waals surface area contributed by atoms with Gasteiger partial charge in [0.25, 0.3) is 0 Å². The molecule has 0 saturated carbocycles. The van der Waals surface area contributed by atoms with Gasteiger partial charge in [0.2, 0.25) is 0 Å². The van der Waals surface area contributed by atoms with Gasteiger partial charge in [0.1, 0.15) is 0 Å². The topological polar surface area (TPSA) is 9.23 Å². The first-order valence-electron chi connectivity index (χ1n) is 1.11. The Labute approximate surface area is 60.1 Å². The third kappa shape index (κ3) is 18.7. The Hall–Kier alpha value is 1.25. The average Bonchev–Trinajstić information content (AvgIpc) is 1.37. The van der Waals surface area contributed by atoms with Crippen molar-refractivity contribution < 1.29 is 22.9 Å². The minimum atomic E-state index is 0. The van der Waals surface area contributed by atoms with Crippen LogP contribution in [0.25, 0.3) is 0 Å². The van der Waals surface area contributed by atoms with Crippen molar-refractivity contribution in [1.82, 2.24) is 0 Å². The predicted molar refractivity (Wildman–Crippen MR) is 27.4 cm³/mol. The van der Waals surface area contributed by atoms with Gasteiger partial charge in [-0.15, -0.1) is 24.8 Å². The van der Waals surface area contributed by atoms with Crippen molar-refractivity contribution in [3.05, 3.63) is 0 Å². The first-order chi connectivity index (χ1) is 1.91. The molecule has 0 radical (unpaired) electrons. The Bertz CT molecular complexity index is 13.5. The van der Waals surface area contributed by atoms with E-state index in [0.717, 1.165) is 0 Å². The van der Waals surface area contributed by atoms with Gasteiger partial charge in [-0.3, -0.25) is 0 Å². The summed E-state index contributed by atoms with van der Waals surface area (Å²) in [6.07, 6.45) is 0. The van der Waals surface area contributed by atoms with Crippen molar-refractivity contribution in [2.45, 2.75) is 5.23 Å². The van der Waals surface area contributed by atoms with E-state index < -0.39 is 0 Å². The predicted octanol–water partition coefficient (Wildman–Crippen LogP) is 1.52. The molecule has 0 N–H and O–H groups in total. The Morgan fingerprint density at radius 1 is 1.33 bits per heavy atom. The zero-order chi connectivity index (χ0) is 3.41. The van der Waals surface area contributed by atoms with Crippen LogP contribution in [0.1, 0.15) is 0 Å². The van der Waals surface area contributed by atoms with Gasteiger partial charge in [-0.05, 0) is 0 Å². The second-order valence-electron chi connectivity index (χ2n) is 0.408. The second-order valence-corrected chi connectivity index (χ2v) is 1.68. The van der Waals surface area contributed by atoms with E-state index in [4.69, 9.17) is 0 Å². The van der Waals surface area contributed by atoms with Crippen LogP contribution in [0.15, 0.2) is 0 Å². The molecule has 0 unspecified atom stereocenters. The van der Waals surface area contributed by atoms with E-state index in [9.17, 15) is 0 Å². The number of rotatable bonds is 1. The molecular weight excluding hydrogens is 159 g/mol. The van der Waals surface area contributed by atoms with E-state index in [0.29, 0.717) is 0 Å². The summed E-state index contributed by atoms with van der Waals surface area (Å²) in [5.41, 5.74) is 0. The van der Waals surface area contributed by atoms with Crippen molar-refractivity contribution in [2.75, 3.05) is 7.11 Å². The summed E-state index contributed by atoms with van der Waals surface area (Å²) in [4.78, 5) is 0. The molecule has 0 amide bonds. The molecular formula is C2H8Cl2OTi. The molecule has 6 heavy (non-hydrogen) atoms. The fourth-order valence-corrected chi connectivity index (χ4v) is 0. The van der Waals surface area contributed by atoms with Crippen LogP contribution in [0, 0.1) is 0 Å². The smallest absolute Gasteiger partial charge is 0.147 e. The molecule has 0 heterocycles. The molecule has 0 aliphatic heterocycles. The maximum Gasteiger partial charge on any atom is -0.147 e. The van der Waals surface area contributed by atoms with Gasteiger partial charge in [-0.2, -0.15) is 0 Å². The molecule has 40 valence electrons. The van der Waals surface area contributed by atoms with Crippen LogP contribution in [0.3, 0.4) is 0 Å². The molecule has 0 rings (SSSR count). The van der Waals surface area contributed by atoms with Crippen molar-refractivity contribution in [3.63, 3.8) is 0 Å². The van der Waals surface area contributed by atoms with Crippen molar-refractivity contribution in [2.24, 2.45) is 0 Å². The van der Waals surface area contributed by atoms with Crippen LogP contribution in [0.5, 0.6) is 0 Å². The van der Waals surface area contributed by atoms with Gasteiger partial charge in [0, 0.05) is 0 Å². The fourth-order valence-electron chi connectivity index (χ4n) is 0. The van der Waals surface area contributed by atoms with Crippen molar-refractivity contribution in [1.29, 1.82) is 0 Å². The summed E-state index contributed by atoms with van der Waals surface area (Å²) >= 11 is 0.0139. The van der Waals surface area contributed by atoms with Crippen molar-refractivity contribution in [3.8, 4) is 0 Å². The quantitative estimate of drug-likeness (QED) is 0.537. The molecule has 0 aliphatic rings. The summed E-state index contributed by atoms with van der Waals surface area (Å²) in [6.45, 7) is 0. The minimum Gasteiger partial charge on any atom is -0.147 e. The molecule has 1 nitrogen and oxygen atoms in total. The molecule has 0 saturated heterocycles. The first-order valence-corrected chi connectivity index (χ1v) is 3.31. The molecule has 0 fully saturated rings. The molecule has 0 aliphatic carbocycles. The largest absolute Gasteiger partial charge is 0.147 e. The van der Waals surface area contributed by atoms with Gasteiger partial charge in [0.05, 0.1) is 0 Å². The van der Waals surface area contributed by atoms with Crippen LogP contribution < -0.4 is 0 Å². The monoisotopic (exact) mass is 166 g/mol. The molecule has 0 atom stereocenters. The van der Waals surface area contributed by atoms with E-state index in [-0.39, 0.29) is 44.4 Å². The van der Waals surface area contributed by atoms with E-state index >= 15 is 0 Å². The summed E-state index contributed by atoms with van der Waals surface area (Å²) in [7, 11) is 1.74. The molecule has 0 spiro atoms. The zero-order valence-corrected chi connectivity index (χ0v) is 6.92. The first kappa shape index (κ1) is 15.7. The van der Waals surface area contributed by atoms with E-state index in [1.165, 1.54) is 0 Å². The van der Waals surface area contributed by atoms with Gasteiger partial charge in [-0.1, -0.05) is 0 Å². The maximum absolute atomic E-state index is 4.67. The maximum atomic E-state index is 4.67. The number of halogens is 2. The molecule has 0 aromatic rings. The van der Waals surface area contributed by atoms with Crippen LogP contribution in [-0.2, 0) is 22.9 Å². The number of hydrogen-bond acceptors (Lipinski definition) is 1. The van der Waals surface area contributed by atoms with E-state index in [2.05, 4.69) is 8.55 Å². The average molecular weight is 167 g/mol. The zero-order valence-electron chi connectivity index (χ0n) is 3.72. The third-order valence-electron chi connectivity index (χ3n) is 0.204. The third-order valence-corrected chi connectivity index (χ3v) is 0.842. The minimum absolute atomic E-state index is 0. The summed E-state index contributed by atoms with van der Waals surface area (Å²) in [5.74, 6) is 0. The summed E-state index contributed by atoms with van der Waals surface area (Å²) < 4.78 is 4.67. The van der Waals surface area contributed by atoms with Gasteiger partial charge >= 0.3 is 35.2 Å². The van der Waals surface area contributed by atoms with Crippen molar-refractivity contribution >= 4 is 24.8 Å². The summed E-state index contributed by atoms with van der Waals surface area (Å²) in [5, 5.41) is 2.08. The van der Waals surface area contributed by atoms with Crippen LogP contribution in [0.2, 0.25) is 5.23 Å². The Kier molecular flexibility index (Phi) is 42.6. The van der Waals surface area contributed by atoms with Gasteiger partial charge in [-0.25, -0.2) is 0 Å². The standard InChI is InChI=1S/CH3O.CH3.2ClH.Ti/c1-2;;;;/h1H3;1H3;2*1H;/q-1;;;;+1. The fraction of sp³-hybridized carbons (Fsp3) is 1.00.